The van der Waals surface area contributed by atoms with Crippen molar-refractivity contribution in [1.29, 1.82) is 0 Å². The van der Waals surface area contributed by atoms with Crippen LogP contribution < -0.4 is 10.6 Å². The highest BCUT2D eigenvalue weighted by molar-refractivity contribution is 5.56. The molecule has 0 amide bonds. The normalized spacial score (nSPS) is 16.5. The topological polar surface area (TPSA) is 29.3 Å². The smallest absolute Gasteiger partial charge is 0.0398 e. The molecule has 0 aromatic heterocycles. The Morgan fingerprint density at radius 1 is 1.30 bits per heavy atom. The van der Waals surface area contributed by atoms with E-state index in [0.717, 1.165) is 18.9 Å². The van der Waals surface area contributed by atoms with Gasteiger partial charge in [-0.15, -0.1) is 0 Å². The average Bonchev–Trinajstić information content (AvgIpc) is 3.20. The maximum absolute atomic E-state index is 6.07. The van der Waals surface area contributed by atoms with E-state index in [0.29, 0.717) is 5.92 Å². The number of anilines is 1. The Balaban J connectivity index is 2.14. The summed E-state index contributed by atoms with van der Waals surface area (Å²) in [7, 11) is 0. The minimum Gasteiger partial charge on any atom is -0.368 e. The second kappa shape index (κ2) is 6.62. The molecule has 2 heteroatoms. The molecule has 112 valence electrons. The highest BCUT2D eigenvalue weighted by atomic mass is 15.2. The second-order valence-electron chi connectivity index (χ2n) is 6.77. The van der Waals surface area contributed by atoms with E-state index in [1.807, 2.05) is 0 Å². The van der Waals surface area contributed by atoms with Crippen LogP contribution in [0.4, 0.5) is 5.69 Å². The van der Waals surface area contributed by atoms with Gasteiger partial charge in [0.15, 0.2) is 0 Å². The molecule has 2 rings (SSSR count). The van der Waals surface area contributed by atoms with Crippen LogP contribution in [0, 0.1) is 12.8 Å². The van der Waals surface area contributed by atoms with Gasteiger partial charge in [-0.2, -0.15) is 0 Å². The van der Waals surface area contributed by atoms with Crippen molar-refractivity contribution < 1.29 is 0 Å². The van der Waals surface area contributed by atoms with Crippen molar-refractivity contribution in [3.05, 3.63) is 29.3 Å². The SMILES string of the molecule is CCC(N)Cc1ccc(N(CC(C)C)C2CC2)c(C)c1. The number of rotatable bonds is 7. The van der Waals surface area contributed by atoms with Gasteiger partial charge in [0.2, 0.25) is 0 Å². The first-order valence-corrected chi connectivity index (χ1v) is 8.13. The van der Waals surface area contributed by atoms with E-state index in [9.17, 15) is 0 Å². The number of benzene rings is 1. The third kappa shape index (κ3) is 3.99. The van der Waals surface area contributed by atoms with Crippen LogP contribution in [0.1, 0.15) is 51.2 Å². The Morgan fingerprint density at radius 3 is 2.50 bits per heavy atom. The van der Waals surface area contributed by atoms with Gasteiger partial charge < -0.3 is 10.6 Å². The predicted molar refractivity (Wildman–Crippen MR) is 88.4 cm³/mol. The highest BCUT2D eigenvalue weighted by Gasteiger charge is 2.30. The third-order valence-electron chi connectivity index (χ3n) is 4.14. The lowest BCUT2D eigenvalue weighted by Gasteiger charge is -2.28. The molecule has 1 saturated carbocycles. The van der Waals surface area contributed by atoms with Gasteiger partial charge >= 0.3 is 0 Å². The van der Waals surface area contributed by atoms with Crippen LogP contribution in [-0.4, -0.2) is 18.6 Å². The summed E-state index contributed by atoms with van der Waals surface area (Å²) >= 11 is 0. The van der Waals surface area contributed by atoms with E-state index in [2.05, 4.69) is 50.8 Å². The molecule has 20 heavy (non-hydrogen) atoms. The van der Waals surface area contributed by atoms with Crippen molar-refractivity contribution in [2.75, 3.05) is 11.4 Å². The zero-order valence-corrected chi connectivity index (χ0v) is 13.5. The van der Waals surface area contributed by atoms with Crippen LogP contribution in [0.2, 0.25) is 0 Å². The largest absolute Gasteiger partial charge is 0.368 e. The molecular formula is C18H30N2. The van der Waals surface area contributed by atoms with E-state index < -0.39 is 0 Å². The second-order valence-corrected chi connectivity index (χ2v) is 6.77. The first-order valence-electron chi connectivity index (χ1n) is 8.13. The van der Waals surface area contributed by atoms with E-state index >= 15 is 0 Å². The molecular weight excluding hydrogens is 244 g/mol. The van der Waals surface area contributed by atoms with Gasteiger partial charge in [0.05, 0.1) is 0 Å². The molecule has 1 aliphatic rings. The minimum atomic E-state index is 0.287. The number of hydrogen-bond donors (Lipinski definition) is 1. The van der Waals surface area contributed by atoms with Gasteiger partial charge in [0.1, 0.15) is 0 Å². The van der Waals surface area contributed by atoms with Gasteiger partial charge in [-0.3, -0.25) is 0 Å². The summed E-state index contributed by atoms with van der Waals surface area (Å²) in [4.78, 5) is 2.61. The van der Waals surface area contributed by atoms with Gasteiger partial charge in [-0.25, -0.2) is 0 Å². The summed E-state index contributed by atoms with van der Waals surface area (Å²) in [5, 5.41) is 0. The Morgan fingerprint density at radius 2 is 2.00 bits per heavy atom. The van der Waals surface area contributed by atoms with Crippen LogP contribution >= 0.6 is 0 Å². The molecule has 1 aliphatic carbocycles. The number of aryl methyl sites for hydroxylation is 1. The fraction of sp³-hybridized carbons (Fsp3) is 0.667. The summed E-state index contributed by atoms with van der Waals surface area (Å²) in [5.74, 6) is 0.711. The average molecular weight is 274 g/mol. The van der Waals surface area contributed by atoms with Crippen LogP contribution in [0.25, 0.3) is 0 Å². The zero-order chi connectivity index (χ0) is 14.7. The van der Waals surface area contributed by atoms with Crippen molar-refractivity contribution in [2.24, 2.45) is 11.7 Å². The quantitative estimate of drug-likeness (QED) is 0.817. The monoisotopic (exact) mass is 274 g/mol. The van der Waals surface area contributed by atoms with E-state index in [4.69, 9.17) is 5.73 Å². The summed E-state index contributed by atoms with van der Waals surface area (Å²) < 4.78 is 0. The third-order valence-corrected chi connectivity index (χ3v) is 4.14. The van der Waals surface area contributed by atoms with Crippen LogP contribution in [-0.2, 0) is 6.42 Å². The Bertz CT molecular complexity index is 435. The summed E-state index contributed by atoms with van der Waals surface area (Å²) in [6, 6.07) is 7.98. The summed E-state index contributed by atoms with van der Waals surface area (Å²) in [5.41, 5.74) is 10.3. The van der Waals surface area contributed by atoms with Crippen molar-refractivity contribution in [2.45, 2.75) is 65.5 Å². The molecule has 0 radical (unpaired) electrons. The lowest BCUT2D eigenvalue weighted by molar-refractivity contribution is 0.606. The standard InChI is InChI=1S/C18H30N2/c1-5-16(19)11-15-6-9-18(14(4)10-15)20(12-13(2)3)17-7-8-17/h6,9-10,13,16-17H,5,7-8,11-12,19H2,1-4H3. The Kier molecular flexibility index (Phi) is 5.09. The molecule has 0 spiro atoms. The van der Waals surface area contributed by atoms with E-state index in [1.54, 1.807) is 0 Å². The first kappa shape index (κ1) is 15.4. The maximum Gasteiger partial charge on any atom is 0.0398 e. The van der Waals surface area contributed by atoms with Crippen molar-refractivity contribution >= 4 is 5.69 Å². The van der Waals surface area contributed by atoms with Gasteiger partial charge in [-0.05, 0) is 55.7 Å². The van der Waals surface area contributed by atoms with Crippen LogP contribution in [0.5, 0.6) is 0 Å². The van der Waals surface area contributed by atoms with Gasteiger partial charge in [0, 0.05) is 24.3 Å². The van der Waals surface area contributed by atoms with Crippen LogP contribution in [0.3, 0.4) is 0 Å². The van der Waals surface area contributed by atoms with E-state index in [1.165, 1.54) is 36.2 Å². The van der Waals surface area contributed by atoms with Crippen molar-refractivity contribution in [1.82, 2.24) is 0 Å². The fourth-order valence-electron chi connectivity index (χ4n) is 2.84. The summed E-state index contributed by atoms with van der Waals surface area (Å²) in [6.07, 6.45) is 4.75. The number of nitrogens with zero attached hydrogens (tertiary/aromatic N) is 1. The molecule has 0 saturated heterocycles. The maximum atomic E-state index is 6.07. The van der Waals surface area contributed by atoms with Crippen molar-refractivity contribution in [3.63, 3.8) is 0 Å². The Labute approximate surface area is 124 Å². The predicted octanol–water partition coefficient (Wildman–Crippen LogP) is 3.90. The molecule has 0 bridgehead atoms. The van der Waals surface area contributed by atoms with Crippen LogP contribution in [0.15, 0.2) is 18.2 Å². The zero-order valence-electron chi connectivity index (χ0n) is 13.5. The summed E-state index contributed by atoms with van der Waals surface area (Å²) in [6.45, 7) is 10.2. The molecule has 2 nitrogen and oxygen atoms in total. The highest BCUT2D eigenvalue weighted by Crippen LogP contribution is 2.34. The lowest BCUT2D eigenvalue weighted by atomic mass is 10.0. The molecule has 1 fully saturated rings. The Hall–Kier alpha value is -1.02. The molecule has 1 atom stereocenters. The fourth-order valence-corrected chi connectivity index (χ4v) is 2.84. The molecule has 1 aromatic rings. The molecule has 1 unspecified atom stereocenters. The van der Waals surface area contributed by atoms with Gasteiger partial charge in [-0.1, -0.05) is 32.9 Å². The molecule has 2 N–H and O–H groups in total. The first-order chi connectivity index (χ1) is 9.51. The lowest BCUT2D eigenvalue weighted by Crippen LogP contribution is -2.30. The molecule has 0 heterocycles. The number of nitrogens with two attached hydrogens (primary N) is 1. The van der Waals surface area contributed by atoms with Gasteiger partial charge in [0.25, 0.3) is 0 Å². The van der Waals surface area contributed by atoms with Crippen molar-refractivity contribution in [3.8, 4) is 0 Å². The molecule has 1 aromatic carbocycles. The minimum absolute atomic E-state index is 0.287. The molecule has 0 aliphatic heterocycles. The van der Waals surface area contributed by atoms with E-state index in [-0.39, 0.29) is 6.04 Å². The number of hydrogen-bond acceptors (Lipinski definition) is 2.